The van der Waals surface area contributed by atoms with E-state index in [1.807, 2.05) is 11.4 Å². The number of carboxylic acid groups (broad SMARTS) is 1. The van der Waals surface area contributed by atoms with Gasteiger partial charge in [-0.1, -0.05) is 11.6 Å². The first-order valence-electron chi connectivity index (χ1n) is 6.79. The topological polar surface area (TPSA) is 49.3 Å². The van der Waals surface area contributed by atoms with Gasteiger partial charge in [-0.05, 0) is 55.0 Å². The van der Waals surface area contributed by atoms with Gasteiger partial charge in [0, 0.05) is 12.1 Å². The Bertz CT molecular complexity index is 490. The summed E-state index contributed by atoms with van der Waals surface area (Å²) in [4.78, 5) is 11.5. The standard InChI is InChI=1S/C14H18ClNO2S/c1-7(10-5-11(15)19-6-10)16-13-9-3-2-8(4-9)12(13)14(17)18/h5-9,12-13,16H,2-4H2,1H3,(H,17,18). The molecule has 0 aromatic carbocycles. The van der Waals surface area contributed by atoms with E-state index in [0.717, 1.165) is 22.7 Å². The third-order valence-electron chi connectivity index (χ3n) is 4.73. The van der Waals surface area contributed by atoms with E-state index < -0.39 is 5.97 Å². The average molecular weight is 300 g/mol. The van der Waals surface area contributed by atoms with Crippen LogP contribution in [0.3, 0.4) is 0 Å². The lowest BCUT2D eigenvalue weighted by molar-refractivity contribution is -0.144. The van der Waals surface area contributed by atoms with Crippen molar-refractivity contribution in [1.82, 2.24) is 5.32 Å². The number of halogens is 1. The summed E-state index contributed by atoms with van der Waals surface area (Å²) < 4.78 is 0.784. The van der Waals surface area contributed by atoms with Crippen molar-refractivity contribution < 1.29 is 9.90 Å². The molecule has 2 N–H and O–H groups in total. The highest BCUT2D eigenvalue weighted by molar-refractivity contribution is 7.14. The van der Waals surface area contributed by atoms with Crippen LogP contribution in [0.5, 0.6) is 0 Å². The van der Waals surface area contributed by atoms with Crippen LogP contribution in [0.1, 0.15) is 37.8 Å². The second kappa shape index (κ2) is 5.08. The molecular weight excluding hydrogens is 282 g/mol. The largest absolute Gasteiger partial charge is 0.481 e. The van der Waals surface area contributed by atoms with Crippen molar-refractivity contribution in [2.75, 3.05) is 0 Å². The van der Waals surface area contributed by atoms with Crippen LogP contribution in [0.4, 0.5) is 0 Å². The second-order valence-electron chi connectivity index (χ2n) is 5.80. The summed E-state index contributed by atoms with van der Waals surface area (Å²) in [5, 5.41) is 15.0. The Balaban J connectivity index is 1.73. The maximum atomic E-state index is 11.5. The Morgan fingerprint density at radius 3 is 2.89 bits per heavy atom. The fraction of sp³-hybridized carbons (Fsp3) is 0.643. The van der Waals surface area contributed by atoms with Crippen LogP contribution in [-0.4, -0.2) is 17.1 Å². The summed E-state index contributed by atoms with van der Waals surface area (Å²) >= 11 is 7.48. The smallest absolute Gasteiger partial charge is 0.308 e. The SMILES string of the molecule is CC(NC1C2CCC(C2)C1C(=O)O)c1csc(Cl)c1. The molecule has 2 aliphatic rings. The molecule has 5 atom stereocenters. The first-order valence-corrected chi connectivity index (χ1v) is 8.05. The highest BCUT2D eigenvalue weighted by Gasteiger charge is 2.51. The first-order chi connectivity index (χ1) is 9.06. The average Bonchev–Trinajstić information content (AvgIpc) is 3.03. The lowest BCUT2D eigenvalue weighted by Crippen LogP contribution is -2.45. The zero-order chi connectivity index (χ0) is 13.6. The van der Waals surface area contributed by atoms with E-state index in [2.05, 4.69) is 12.2 Å². The molecule has 104 valence electrons. The molecule has 3 nitrogen and oxygen atoms in total. The van der Waals surface area contributed by atoms with E-state index in [-0.39, 0.29) is 18.0 Å². The summed E-state index contributed by atoms with van der Waals surface area (Å²) in [6, 6.07) is 2.24. The fourth-order valence-electron chi connectivity index (χ4n) is 3.82. The molecule has 3 rings (SSSR count). The first kappa shape index (κ1) is 13.4. The summed E-state index contributed by atoms with van der Waals surface area (Å²) in [6.07, 6.45) is 3.33. The predicted octanol–water partition coefficient (Wildman–Crippen LogP) is 3.55. The zero-order valence-corrected chi connectivity index (χ0v) is 12.4. The highest BCUT2D eigenvalue weighted by Crippen LogP contribution is 2.49. The van der Waals surface area contributed by atoms with Crippen LogP contribution in [0, 0.1) is 17.8 Å². The van der Waals surface area contributed by atoms with Crippen LogP contribution < -0.4 is 5.32 Å². The molecule has 0 spiro atoms. The summed E-state index contributed by atoms with van der Waals surface area (Å²) in [6.45, 7) is 2.09. The van der Waals surface area contributed by atoms with Crippen LogP contribution in [0.25, 0.3) is 0 Å². The molecule has 0 saturated heterocycles. The van der Waals surface area contributed by atoms with Gasteiger partial charge in [-0.15, -0.1) is 11.3 Å². The number of carbonyl (C=O) groups is 1. The number of fused-ring (bicyclic) bond motifs is 2. The van der Waals surface area contributed by atoms with E-state index in [4.69, 9.17) is 11.6 Å². The van der Waals surface area contributed by atoms with Gasteiger partial charge in [0.25, 0.3) is 0 Å². The van der Waals surface area contributed by atoms with Gasteiger partial charge >= 0.3 is 5.97 Å². The molecule has 0 amide bonds. The predicted molar refractivity (Wildman–Crippen MR) is 76.6 cm³/mol. The minimum absolute atomic E-state index is 0.116. The third-order valence-corrected chi connectivity index (χ3v) is 5.84. The van der Waals surface area contributed by atoms with Crippen LogP contribution in [-0.2, 0) is 4.79 Å². The van der Waals surface area contributed by atoms with Crippen molar-refractivity contribution in [3.05, 3.63) is 21.3 Å². The van der Waals surface area contributed by atoms with Crippen LogP contribution >= 0.6 is 22.9 Å². The Kier molecular flexibility index (Phi) is 3.58. The summed E-state index contributed by atoms with van der Waals surface area (Å²) in [7, 11) is 0. The normalized spacial score (nSPS) is 34.6. The molecule has 1 aromatic heterocycles. The highest BCUT2D eigenvalue weighted by atomic mass is 35.5. The minimum Gasteiger partial charge on any atom is -0.481 e. The van der Waals surface area contributed by atoms with Gasteiger partial charge in [-0.3, -0.25) is 4.79 Å². The number of hydrogen-bond acceptors (Lipinski definition) is 3. The van der Waals surface area contributed by atoms with Gasteiger partial charge in [0.15, 0.2) is 0 Å². The monoisotopic (exact) mass is 299 g/mol. The molecule has 2 saturated carbocycles. The minimum atomic E-state index is -0.639. The maximum absolute atomic E-state index is 11.5. The molecule has 2 aliphatic carbocycles. The molecular formula is C14H18ClNO2S. The number of thiophene rings is 1. The van der Waals surface area contributed by atoms with E-state index in [1.165, 1.54) is 17.8 Å². The van der Waals surface area contributed by atoms with Gasteiger partial charge in [0.1, 0.15) is 0 Å². The van der Waals surface area contributed by atoms with E-state index in [0.29, 0.717) is 11.8 Å². The van der Waals surface area contributed by atoms with Crippen molar-refractivity contribution in [3.63, 3.8) is 0 Å². The molecule has 5 unspecified atom stereocenters. The van der Waals surface area contributed by atoms with E-state index in [9.17, 15) is 9.90 Å². The van der Waals surface area contributed by atoms with Crippen molar-refractivity contribution in [1.29, 1.82) is 0 Å². The van der Waals surface area contributed by atoms with Crippen molar-refractivity contribution in [2.24, 2.45) is 17.8 Å². The molecule has 2 bridgehead atoms. The molecule has 2 fully saturated rings. The van der Waals surface area contributed by atoms with Crippen molar-refractivity contribution in [2.45, 2.75) is 38.3 Å². The van der Waals surface area contributed by atoms with Crippen molar-refractivity contribution in [3.8, 4) is 0 Å². The van der Waals surface area contributed by atoms with Crippen molar-refractivity contribution >= 4 is 28.9 Å². The fourth-order valence-corrected chi connectivity index (χ4v) is 4.81. The Hall–Kier alpha value is -0.580. The summed E-state index contributed by atoms with van der Waals surface area (Å²) in [5.74, 6) is 0.0523. The molecule has 0 radical (unpaired) electrons. The molecule has 0 aliphatic heterocycles. The van der Waals surface area contributed by atoms with E-state index >= 15 is 0 Å². The Labute approximate surface area is 122 Å². The van der Waals surface area contributed by atoms with Gasteiger partial charge in [0.05, 0.1) is 10.3 Å². The number of hydrogen-bond donors (Lipinski definition) is 2. The number of rotatable bonds is 4. The van der Waals surface area contributed by atoms with Gasteiger partial charge in [-0.25, -0.2) is 0 Å². The Morgan fingerprint density at radius 1 is 1.53 bits per heavy atom. The molecule has 5 heteroatoms. The lowest BCUT2D eigenvalue weighted by Gasteiger charge is -2.31. The molecule has 1 heterocycles. The number of carboxylic acids is 1. The third kappa shape index (κ3) is 2.41. The van der Waals surface area contributed by atoms with Crippen LogP contribution in [0.2, 0.25) is 4.34 Å². The van der Waals surface area contributed by atoms with Crippen LogP contribution in [0.15, 0.2) is 11.4 Å². The lowest BCUT2D eigenvalue weighted by atomic mass is 9.84. The van der Waals surface area contributed by atoms with Gasteiger partial charge < -0.3 is 10.4 Å². The number of nitrogens with one attached hydrogen (secondary N) is 1. The second-order valence-corrected chi connectivity index (χ2v) is 7.34. The number of aliphatic carboxylic acids is 1. The van der Waals surface area contributed by atoms with Gasteiger partial charge in [-0.2, -0.15) is 0 Å². The summed E-state index contributed by atoms with van der Waals surface area (Å²) in [5.41, 5.74) is 1.15. The zero-order valence-electron chi connectivity index (χ0n) is 10.8. The van der Waals surface area contributed by atoms with E-state index in [1.54, 1.807) is 0 Å². The Morgan fingerprint density at radius 2 is 2.26 bits per heavy atom. The molecule has 19 heavy (non-hydrogen) atoms. The van der Waals surface area contributed by atoms with Gasteiger partial charge in [0.2, 0.25) is 0 Å². The maximum Gasteiger partial charge on any atom is 0.308 e. The molecule has 1 aromatic rings. The quantitative estimate of drug-likeness (QED) is 0.894.